The molecule has 43 heavy (non-hydrogen) atoms. The van der Waals surface area contributed by atoms with Gasteiger partial charge in [0.2, 0.25) is 0 Å². The average Bonchev–Trinajstić information content (AvgIpc) is 3.29. The van der Waals surface area contributed by atoms with Gasteiger partial charge in [-0.15, -0.1) is 0 Å². The number of carbonyl (C=O) groups excluding carboxylic acids is 1. The predicted molar refractivity (Wildman–Crippen MR) is 166 cm³/mol. The zero-order valence-electron chi connectivity index (χ0n) is 26.8. The summed E-state index contributed by atoms with van der Waals surface area (Å²) in [4.78, 5) is 11.5. The number of hydrogen-bond acceptors (Lipinski definition) is 9. The Bertz CT molecular complexity index is 953. The Hall–Kier alpha value is -1.30. The van der Waals surface area contributed by atoms with Gasteiger partial charge in [0.25, 0.3) is 10.1 Å². The first-order valence-electron chi connectivity index (χ1n) is 16.5. The van der Waals surface area contributed by atoms with E-state index in [4.69, 9.17) is 27.9 Å². The van der Waals surface area contributed by atoms with Gasteiger partial charge in [0.1, 0.15) is 0 Å². The third-order valence-corrected chi connectivity index (χ3v) is 9.32. The summed E-state index contributed by atoms with van der Waals surface area (Å²) in [5, 5.41) is 0. The highest BCUT2D eigenvalue weighted by atomic mass is 32.2. The second kappa shape index (κ2) is 19.3. The molecule has 9 nitrogen and oxygen atoms in total. The Morgan fingerprint density at radius 1 is 1.00 bits per heavy atom. The van der Waals surface area contributed by atoms with Gasteiger partial charge in [0.05, 0.1) is 31.7 Å². The number of allylic oxidation sites excluding steroid dienone is 2. The van der Waals surface area contributed by atoms with E-state index in [9.17, 15) is 13.2 Å². The molecule has 3 rings (SSSR count). The summed E-state index contributed by atoms with van der Waals surface area (Å²) >= 11 is 0. The zero-order chi connectivity index (χ0) is 31.1. The van der Waals surface area contributed by atoms with E-state index in [1.165, 1.54) is 7.11 Å². The van der Waals surface area contributed by atoms with Crippen LogP contribution in [0.15, 0.2) is 24.3 Å². The van der Waals surface area contributed by atoms with Gasteiger partial charge in [-0.2, -0.15) is 8.42 Å². The minimum Gasteiger partial charge on any atom is -0.469 e. The van der Waals surface area contributed by atoms with E-state index >= 15 is 0 Å². The molecule has 1 saturated carbocycles. The van der Waals surface area contributed by atoms with Crippen molar-refractivity contribution >= 4 is 16.1 Å². The van der Waals surface area contributed by atoms with Crippen LogP contribution in [0.4, 0.5) is 0 Å². The van der Waals surface area contributed by atoms with Crippen molar-refractivity contribution in [2.24, 2.45) is 17.8 Å². The Morgan fingerprint density at radius 2 is 1.72 bits per heavy atom. The lowest BCUT2D eigenvalue weighted by Crippen LogP contribution is -2.32. The Labute approximate surface area is 260 Å². The maximum atomic E-state index is 12.3. The molecular formula is C33H56O9S. The summed E-state index contributed by atoms with van der Waals surface area (Å²) < 4.78 is 60.0. The SMILES string of the molecule is CCCC[C@@H](C)[C@@H](C=C[C@@H]1[C@@H](CC=CCCCC(=O)OC)[C@H](OS(C)(=O)=O)C[C@H]1OC1CCCCO1)OC1CCCCO1. The number of methoxy groups -OCH3 is 1. The molecule has 2 saturated heterocycles. The van der Waals surface area contributed by atoms with Crippen LogP contribution in [-0.2, 0) is 42.8 Å². The Balaban J connectivity index is 1.83. The average molecular weight is 629 g/mol. The Morgan fingerprint density at radius 3 is 2.35 bits per heavy atom. The highest BCUT2D eigenvalue weighted by Crippen LogP contribution is 2.42. The lowest BCUT2D eigenvalue weighted by atomic mass is 9.88. The molecule has 0 aromatic rings. The third kappa shape index (κ3) is 13.3. The van der Waals surface area contributed by atoms with Crippen LogP contribution in [0.1, 0.15) is 104 Å². The van der Waals surface area contributed by atoms with Crippen LogP contribution in [0.5, 0.6) is 0 Å². The van der Waals surface area contributed by atoms with Gasteiger partial charge in [-0.05, 0) is 76.0 Å². The quantitative estimate of drug-likeness (QED) is 0.0731. The van der Waals surface area contributed by atoms with Crippen LogP contribution in [0, 0.1) is 17.8 Å². The second-order valence-electron chi connectivity index (χ2n) is 12.4. The lowest BCUT2D eigenvalue weighted by molar-refractivity contribution is -0.193. The normalized spacial score (nSPS) is 30.1. The fraction of sp³-hybridized carbons (Fsp3) is 0.848. The minimum atomic E-state index is -3.67. The smallest absolute Gasteiger partial charge is 0.305 e. The van der Waals surface area contributed by atoms with Crippen molar-refractivity contribution in [1.29, 1.82) is 0 Å². The van der Waals surface area contributed by atoms with E-state index in [1.54, 1.807) is 0 Å². The van der Waals surface area contributed by atoms with Crippen LogP contribution in [0.25, 0.3) is 0 Å². The molecule has 0 aromatic heterocycles. The van der Waals surface area contributed by atoms with Crippen LogP contribution < -0.4 is 0 Å². The van der Waals surface area contributed by atoms with E-state index in [1.807, 2.05) is 0 Å². The largest absolute Gasteiger partial charge is 0.469 e. The van der Waals surface area contributed by atoms with Crippen LogP contribution in [0.3, 0.4) is 0 Å². The fourth-order valence-electron chi connectivity index (χ4n) is 6.28. The zero-order valence-corrected chi connectivity index (χ0v) is 27.6. The van der Waals surface area contributed by atoms with Crippen molar-refractivity contribution in [1.82, 2.24) is 0 Å². The van der Waals surface area contributed by atoms with E-state index in [2.05, 4.69) is 38.2 Å². The van der Waals surface area contributed by atoms with Crippen molar-refractivity contribution < 1.29 is 41.1 Å². The van der Waals surface area contributed by atoms with Crippen LogP contribution >= 0.6 is 0 Å². The minimum absolute atomic E-state index is 0.0891. The van der Waals surface area contributed by atoms with E-state index in [0.29, 0.717) is 38.2 Å². The fourth-order valence-corrected chi connectivity index (χ4v) is 6.95. The highest BCUT2D eigenvalue weighted by Gasteiger charge is 2.45. The summed E-state index contributed by atoms with van der Waals surface area (Å²) in [5.74, 6) is -0.118. The van der Waals surface area contributed by atoms with E-state index < -0.39 is 16.2 Å². The first-order valence-corrected chi connectivity index (χ1v) is 18.3. The molecule has 2 unspecified atom stereocenters. The van der Waals surface area contributed by atoms with Gasteiger partial charge < -0.3 is 23.7 Å². The monoisotopic (exact) mass is 628 g/mol. The summed E-state index contributed by atoms with van der Waals surface area (Å²) in [5.41, 5.74) is 0. The maximum Gasteiger partial charge on any atom is 0.305 e. The lowest BCUT2D eigenvalue weighted by Gasteiger charge is -2.31. The van der Waals surface area contributed by atoms with Gasteiger partial charge in [-0.25, -0.2) is 0 Å². The molecular weight excluding hydrogens is 572 g/mol. The number of unbranched alkanes of at least 4 members (excludes halogenated alkanes) is 2. The topological polar surface area (TPSA) is 107 Å². The molecule has 0 N–H and O–H groups in total. The molecule has 0 spiro atoms. The molecule has 2 heterocycles. The van der Waals surface area contributed by atoms with Crippen molar-refractivity contribution in [2.45, 2.75) is 135 Å². The first kappa shape index (κ1) is 36.2. The molecule has 3 fully saturated rings. The van der Waals surface area contributed by atoms with Crippen LogP contribution in [0.2, 0.25) is 0 Å². The molecule has 2 aliphatic heterocycles. The number of rotatable bonds is 18. The van der Waals surface area contributed by atoms with E-state index in [0.717, 1.165) is 77.1 Å². The molecule has 0 radical (unpaired) electrons. The summed E-state index contributed by atoms with van der Waals surface area (Å²) in [7, 11) is -2.28. The molecule has 0 bridgehead atoms. The second-order valence-corrected chi connectivity index (χ2v) is 14.0. The van der Waals surface area contributed by atoms with Gasteiger partial charge >= 0.3 is 5.97 Å². The first-order chi connectivity index (χ1) is 20.7. The van der Waals surface area contributed by atoms with Gasteiger partial charge in [-0.3, -0.25) is 8.98 Å². The summed E-state index contributed by atoms with van der Waals surface area (Å²) in [6.07, 6.45) is 20.4. The molecule has 3 aliphatic rings. The standard InChI is InChI=1S/C33H56O9S/c1-5-6-15-25(2)28(40-32-18-11-13-22-38-32)21-20-27-26(16-9-7-8-10-17-31(34)37-3)30(42-43(4,35)36)24-29(27)41-33-19-12-14-23-39-33/h7,9,20-21,25-30,32-33H,5-6,8,10-19,22-24H2,1-4H3/t25-,26-,27-,28-,29-,30-,32?,33?/m1/s1. The third-order valence-electron chi connectivity index (χ3n) is 8.73. The van der Waals surface area contributed by atoms with E-state index in [-0.39, 0.29) is 42.6 Å². The number of hydrogen-bond donors (Lipinski definition) is 0. The van der Waals surface area contributed by atoms with Gasteiger partial charge in [0.15, 0.2) is 12.6 Å². The van der Waals surface area contributed by atoms with Gasteiger partial charge in [-0.1, -0.05) is 51.0 Å². The van der Waals surface area contributed by atoms with Crippen molar-refractivity contribution in [3.8, 4) is 0 Å². The molecule has 1 aliphatic carbocycles. The molecule has 8 atom stereocenters. The van der Waals surface area contributed by atoms with Crippen molar-refractivity contribution in [3.05, 3.63) is 24.3 Å². The summed E-state index contributed by atoms with van der Waals surface area (Å²) in [6, 6.07) is 0. The number of ether oxygens (including phenoxy) is 5. The van der Waals surface area contributed by atoms with Crippen molar-refractivity contribution in [2.75, 3.05) is 26.6 Å². The molecule has 248 valence electrons. The highest BCUT2D eigenvalue weighted by molar-refractivity contribution is 7.86. The molecule has 0 aromatic carbocycles. The number of carbonyl (C=O) groups is 1. The molecule has 10 heteroatoms. The predicted octanol–water partition coefficient (Wildman–Crippen LogP) is 6.46. The van der Waals surface area contributed by atoms with Gasteiger partial charge in [0, 0.05) is 32.0 Å². The van der Waals surface area contributed by atoms with Crippen molar-refractivity contribution in [3.63, 3.8) is 0 Å². The Kier molecular flexibility index (Phi) is 16.2. The summed E-state index contributed by atoms with van der Waals surface area (Å²) in [6.45, 7) is 5.83. The molecule has 0 amide bonds. The number of esters is 1. The maximum absolute atomic E-state index is 12.3. The van der Waals surface area contributed by atoms with Crippen LogP contribution in [-0.4, -0.2) is 71.9 Å².